The second-order valence-corrected chi connectivity index (χ2v) is 6.15. The molecule has 0 aliphatic rings. The van der Waals surface area contributed by atoms with Crippen LogP contribution in [0.15, 0.2) is 70.2 Å². The van der Waals surface area contributed by atoms with Gasteiger partial charge in [-0.2, -0.15) is 5.10 Å². The first kappa shape index (κ1) is 19.0. The Morgan fingerprint density at radius 3 is 2.61 bits per heavy atom. The Labute approximate surface area is 161 Å². The second-order valence-electron chi connectivity index (χ2n) is 6.15. The molecule has 1 amide bonds. The third-order valence-electron chi connectivity index (χ3n) is 4.15. The second kappa shape index (κ2) is 8.77. The number of furan rings is 1. The summed E-state index contributed by atoms with van der Waals surface area (Å²) in [5.74, 6) is 0.674. The van der Waals surface area contributed by atoms with E-state index in [1.807, 2.05) is 24.3 Å². The molecule has 142 valence electrons. The van der Waals surface area contributed by atoms with E-state index in [0.29, 0.717) is 17.1 Å². The Morgan fingerprint density at radius 2 is 1.89 bits per heavy atom. The molecule has 0 spiro atoms. The van der Waals surface area contributed by atoms with Crippen LogP contribution in [0.2, 0.25) is 0 Å². The first-order valence-electron chi connectivity index (χ1n) is 8.79. The van der Waals surface area contributed by atoms with E-state index in [9.17, 15) is 14.9 Å². The predicted molar refractivity (Wildman–Crippen MR) is 106 cm³/mol. The summed E-state index contributed by atoms with van der Waals surface area (Å²) in [6.45, 7) is 2.08. The summed E-state index contributed by atoms with van der Waals surface area (Å²) >= 11 is 0. The highest BCUT2D eigenvalue weighted by atomic mass is 16.6. The lowest BCUT2D eigenvalue weighted by Gasteiger charge is -2.02. The Bertz CT molecular complexity index is 1010. The number of benzene rings is 2. The molecule has 3 rings (SSSR count). The van der Waals surface area contributed by atoms with Crippen LogP contribution in [0, 0.1) is 10.1 Å². The van der Waals surface area contributed by atoms with E-state index in [4.69, 9.17) is 4.42 Å². The number of nitro groups is 1. The normalized spacial score (nSPS) is 10.9. The van der Waals surface area contributed by atoms with Gasteiger partial charge in [-0.1, -0.05) is 43.3 Å². The zero-order valence-corrected chi connectivity index (χ0v) is 15.3. The van der Waals surface area contributed by atoms with Crippen molar-refractivity contribution in [3.63, 3.8) is 0 Å². The van der Waals surface area contributed by atoms with E-state index >= 15 is 0 Å². The fourth-order valence-corrected chi connectivity index (χ4v) is 2.64. The van der Waals surface area contributed by atoms with Crippen molar-refractivity contribution in [3.05, 3.63) is 87.7 Å². The lowest BCUT2D eigenvalue weighted by Crippen LogP contribution is -2.19. The van der Waals surface area contributed by atoms with Crippen LogP contribution in [0.1, 0.15) is 23.8 Å². The molecule has 1 heterocycles. The number of hydrogen-bond donors (Lipinski definition) is 1. The van der Waals surface area contributed by atoms with E-state index < -0.39 is 4.92 Å². The molecule has 0 fully saturated rings. The van der Waals surface area contributed by atoms with Crippen LogP contribution < -0.4 is 5.43 Å². The van der Waals surface area contributed by atoms with E-state index in [2.05, 4.69) is 17.5 Å². The molecule has 1 N–H and O–H groups in total. The highest BCUT2D eigenvalue weighted by molar-refractivity contribution is 5.82. The molecule has 0 unspecified atom stereocenters. The third-order valence-corrected chi connectivity index (χ3v) is 4.15. The fourth-order valence-electron chi connectivity index (χ4n) is 2.64. The average molecular weight is 377 g/mol. The van der Waals surface area contributed by atoms with Gasteiger partial charge in [0.05, 0.1) is 17.6 Å². The lowest BCUT2D eigenvalue weighted by molar-refractivity contribution is -0.384. The minimum atomic E-state index is -0.458. The van der Waals surface area contributed by atoms with Gasteiger partial charge in [0.15, 0.2) is 0 Å². The van der Waals surface area contributed by atoms with Crippen LogP contribution in [-0.4, -0.2) is 17.0 Å². The molecule has 0 saturated heterocycles. The zero-order chi connectivity index (χ0) is 19.9. The molecule has 0 radical (unpaired) electrons. The number of carbonyl (C=O) groups excluding carboxylic acids is 1. The van der Waals surface area contributed by atoms with Crippen molar-refractivity contribution in [1.82, 2.24) is 5.43 Å². The van der Waals surface area contributed by atoms with Crippen LogP contribution in [-0.2, 0) is 17.6 Å². The van der Waals surface area contributed by atoms with Crippen molar-refractivity contribution in [2.45, 2.75) is 19.8 Å². The summed E-state index contributed by atoms with van der Waals surface area (Å²) < 4.78 is 5.61. The fraction of sp³-hybridized carbons (Fsp3) is 0.143. The summed E-state index contributed by atoms with van der Waals surface area (Å²) in [5, 5.41) is 14.8. The molecule has 7 heteroatoms. The molecule has 0 aliphatic carbocycles. The minimum absolute atomic E-state index is 0.0108. The molecule has 0 bridgehead atoms. The zero-order valence-electron chi connectivity index (χ0n) is 15.3. The van der Waals surface area contributed by atoms with Crippen molar-refractivity contribution in [2.24, 2.45) is 5.10 Å². The van der Waals surface area contributed by atoms with Gasteiger partial charge in [0.1, 0.15) is 11.5 Å². The molecule has 1 aromatic heterocycles. The Morgan fingerprint density at radius 1 is 1.14 bits per heavy atom. The van der Waals surface area contributed by atoms with E-state index in [1.165, 1.54) is 23.9 Å². The van der Waals surface area contributed by atoms with Crippen LogP contribution in [0.25, 0.3) is 11.3 Å². The third kappa shape index (κ3) is 4.91. The van der Waals surface area contributed by atoms with Gasteiger partial charge >= 0.3 is 0 Å². The van der Waals surface area contributed by atoms with Gasteiger partial charge in [-0.05, 0) is 29.7 Å². The van der Waals surface area contributed by atoms with Crippen LogP contribution in [0.5, 0.6) is 0 Å². The molecule has 0 atom stereocenters. The standard InChI is InChI=1S/C21H19N3O4/c1-2-15-6-8-16(9-7-15)12-21(25)23-22-14-19-10-11-20(28-19)17-4-3-5-18(13-17)24(26)27/h3-11,13-14H,2,12H2,1H3,(H,23,25)/b22-14-. The summed E-state index contributed by atoms with van der Waals surface area (Å²) in [4.78, 5) is 22.4. The SMILES string of the molecule is CCc1ccc(CC(=O)N/N=C\c2ccc(-c3cccc([N+](=O)[O-])c3)o2)cc1. The van der Waals surface area contributed by atoms with Crippen LogP contribution >= 0.6 is 0 Å². The van der Waals surface area contributed by atoms with E-state index in [-0.39, 0.29) is 18.0 Å². The maximum Gasteiger partial charge on any atom is 0.270 e. The van der Waals surface area contributed by atoms with Gasteiger partial charge in [-0.3, -0.25) is 14.9 Å². The van der Waals surface area contributed by atoms with Gasteiger partial charge in [0.25, 0.3) is 5.69 Å². The van der Waals surface area contributed by atoms with E-state index in [1.54, 1.807) is 24.3 Å². The smallest absolute Gasteiger partial charge is 0.270 e. The van der Waals surface area contributed by atoms with Crippen molar-refractivity contribution in [1.29, 1.82) is 0 Å². The van der Waals surface area contributed by atoms with Crippen molar-refractivity contribution in [3.8, 4) is 11.3 Å². The number of nitrogens with zero attached hydrogens (tertiary/aromatic N) is 2. The van der Waals surface area contributed by atoms with Gasteiger partial charge in [-0.15, -0.1) is 0 Å². The van der Waals surface area contributed by atoms with Crippen molar-refractivity contribution >= 4 is 17.8 Å². The number of amides is 1. The lowest BCUT2D eigenvalue weighted by atomic mass is 10.1. The summed E-state index contributed by atoms with van der Waals surface area (Å²) in [6.07, 6.45) is 2.58. The molecule has 3 aromatic rings. The average Bonchev–Trinajstić information content (AvgIpc) is 3.17. The number of aryl methyl sites for hydroxylation is 1. The Balaban J connectivity index is 1.58. The van der Waals surface area contributed by atoms with Gasteiger partial charge in [-0.25, -0.2) is 5.43 Å². The first-order chi connectivity index (χ1) is 13.5. The monoisotopic (exact) mass is 377 g/mol. The predicted octanol–water partition coefficient (Wildman–Crippen LogP) is 4.11. The van der Waals surface area contributed by atoms with Gasteiger partial charge in [0.2, 0.25) is 5.91 Å². The summed E-state index contributed by atoms with van der Waals surface area (Å²) in [5.41, 5.74) is 5.18. The summed E-state index contributed by atoms with van der Waals surface area (Å²) in [6, 6.07) is 17.4. The maximum atomic E-state index is 12.0. The van der Waals surface area contributed by atoms with Crippen LogP contribution in [0.3, 0.4) is 0 Å². The first-order valence-corrected chi connectivity index (χ1v) is 8.79. The van der Waals surface area contributed by atoms with Gasteiger partial charge < -0.3 is 4.42 Å². The highest BCUT2D eigenvalue weighted by Crippen LogP contribution is 2.25. The number of non-ortho nitro benzene ring substituents is 1. The Kier molecular flexibility index (Phi) is 5.96. The minimum Gasteiger partial charge on any atom is -0.455 e. The molecule has 0 aliphatic heterocycles. The molecule has 0 saturated carbocycles. The topological polar surface area (TPSA) is 97.7 Å². The van der Waals surface area contributed by atoms with Gasteiger partial charge in [0, 0.05) is 17.7 Å². The Hall–Kier alpha value is -3.74. The number of nitro benzene ring substituents is 1. The van der Waals surface area contributed by atoms with Crippen molar-refractivity contribution < 1.29 is 14.1 Å². The number of hydrazone groups is 1. The number of rotatable bonds is 7. The summed E-state index contributed by atoms with van der Waals surface area (Å²) in [7, 11) is 0. The number of carbonyl (C=O) groups is 1. The molecule has 28 heavy (non-hydrogen) atoms. The molecular weight excluding hydrogens is 358 g/mol. The quantitative estimate of drug-likeness (QED) is 0.380. The molecule has 2 aromatic carbocycles. The maximum absolute atomic E-state index is 12.0. The van der Waals surface area contributed by atoms with Crippen LogP contribution in [0.4, 0.5) is 5.69 Å². The molecular formula is C21H19N3O4. The number of nitrogens with one attached hydrogen (secondary N) is 1. The van der Waals surface area contributed by atoms with Crippen molar-refractivity contribution in [2.75, 3.05) is 0 Å². The van der Waals surface area contributed by atoms with E-state index in [0.717, 1.165) is 12.0 Å². The highest BCUT2D eigenvalue weighted by Gasteiger charge is 2.10. The number of hydrogen-bond acceptors (Lipinski definition) is 5. The largest absolute Gasteiger partial charge is 0.455 e. The molecule has 7 nitrogen and oxygen atoms in total.